The Hall–Kier alpha value is -1.00. The van der Waals surface area contributed by atoms with Gasteiger partial charge in [0.15, 0.2) is 0 Å². The minimum absolute atomic E-state index is 0.0934. The lowest BCUT2D eigenvalue weighted by Crippen LogP contribution is -2.22. The van der Waals surface area contributed by atoms with E-state index in [1.54, 1.807) is 11.8 Å². The van der Waals surface area contributed by atoms with Gasteiger partial charge in [0.05, 0.1) is 11.4 Å². The minimum atomic E-state index is 0.0934. The summed E-state index contributed by atoms with van der Waals surface area (Å²) in [7, 11) is 1.99. The van der Waals surface area contributed by atoms with E-state index >= 15 is 0 Å². The van der Waals surface area contributed by atoms with Gasteiger partial charge in [-0.1, -0.05) is 19.9 Å². The van der Waals surface area contributed by atoms with Gasteiger partial charge in [0, 0.05) is 11.4 Å². The normalized spacial score (nSPS) is 16.3. The van der Waals surface area contributed by atoms with Gasteiger partial charge in [-0.25, -0.2) is 0 Å². The van der Waals surface area contributed by atoms with E-state index in [4.69, 9.17) is 0 Å². The monoisotopic (exact) mass is 264 g/mol. The summed E-state index contributed by atoms with van der Waals surface area (Å²) in [5.41, 5.74) is 2.30. The lowest BCUT2D eigenvalue weighted by molar-refractivity contribution is -0.113. The first-order valence-electron chi connectivity index (χ1n) is 6.33. The van der Waals surface area contributed by atoms with E-state index in [1.807, 2.05) is 13.1 Å². The predicted octanol–water partition coefficient (Wildman–Crippen LogP) is 2.69. The molecule has 2 rings (SSSR count). The van der Waals surface area contributed by atoms with Crippen molar-refractivity contribution in [1.82, 2.24) is 5.32 Å². The molecule has 1 unspecified atom stereocenters. The number of carbonyl (C=O) groups excluding carboxylic acids is 1. The van der Waals surface area contributed by atoms with E-state index < -0.39 is 0 Å². The third-order valence-electron chi connectivity index (χ3n) is 3.30. The molecule has 0 radical (unpaired) electrons. The molecule has 1 aromatic carbocycles. The zero-order valence-corrected chi connectivity index (χ0v) is 11.9. The molecule has 1 aromatic rings. The Labute approximate surface area is 113 Å². The van der Waals surface area contributed by atoms with Crippen LogP contribution < -0.4 is 10.6 Å². The van der Waals surface area contributed by atoms with Gasteiger partial charge in [0.25, 0.3) is 0 Å². The molecule has 2 N–H and O–H groups in total. The van der Waals surface area contributed by atoms with E-state index in [-0.39, 0.29) is 5.91 Å². The zero-order chi connectivity index (χ0) is 13.1. The smallest absolute Gasteiger partial charge is 0.234 e. The fraction of sp³-hybridized carbons (Fsp3) is 0.500. The van der Waals surface area contributed by atoms with Gasteiger partial charge in [0.1, 0.15) is 0 Å². The molecule has 0 aliphatic carbocycles. The number of rotatable bonds is 4. The SMILES string of the molecule is CNCC(c1ccc2c(c1)SCC(=O)N2)C(C)C. The van der Waals surface area contributed by atoms with Crippen LogP contribution in [0, 0.1) is 5.92 Å². The Bertz CT molecular complexity index is 445. The number of hydrogen-bond donors (Lipinski definition) is 2. The van der Waals surface area contributed by atoms with Crippen LogP contribution in [0.2, 0.25) is 0 Å². The maximum absolute atomic E-state index is 11.3. The average Bonchev–Trinajstić information content (AvgIpc) is 2.35. The molecule has 4 heteroatoms. The van der Waals surface area contributed by atoms with Crippen molar-refractivity contribution in [2.24, 2.45) is 5.92 Å². The van der Waals surface area contributed by atoms with Crippen molar-refractivity contribution in [3.63, 3.8) is 0 Å². The Kier molecular flexibility index (Phi) is 4.30. The van der Waals surface area contributed by atoms with Crippen molar-refractivity contribution in [2.75, 3.05) is 24.7 Å². The van der Waals surface area contributed by atoms with Crippen molar-refractivity contribution >= 4 is 23.4 Å². The summed E-state index contributed by atoms with van der Waals surface area (Å²) in [6.07, 6.45) is 0. The van der Waals surface area contributed by atoms with Crippen LogP contribution in [0.4, 0.5) is 5.69 Å². The van der Waals surface area contributed by atoms with Crippen LogP contribution in [0.25, 0.3) is 0 Å². The maximum Gasteiger partial charge on any atom is 0.234 e. The van der Waals surface area contributed by atoms with Crippen LogP contribution in [-0.4, -0.2) is 25.3 Å². The molecule has 0 saturated heterocycles. The standard InChI is InChI=1S/C14H20N2OS/c1-9(2)11(7-15-3)10-4-5-12-13(6-10)18-8-14(17)16-12/h4-6,9,11,15H,7-8H2,1-3H3,(H,16,17). The number of anilines is 1. The number of carbonyl (C=O) groups is 1. The maximum atomic E-state index is 11.3. The highest BCUT2D eigenvalue weighted by Gasteiger charge is 2.19. The summed E-state index contributed by atoms with van der Waals surface area (Å²) in [5.74, 6) is 1.72. The van der Waals surface area contributed by atoms with Gasteiger partial charge >= 0.3 is 0 Å². The van der Waals surface area contributed by atoms with Gasteiger partial charge < -0.3 is 10.6 Å². The number of amides is 1. The zero-order valence-electron chi connectivity index (χ0n) is 11.1. The van der Waals surface area contributed by atoms with Crippen molar-refractivity contribution in [3.05, 3.63) is 23.8 Å². The first-order chi connectivity index (χ1) is 8.61. The van der Waals surface area contributed by atoms with Gasteiger partial charge in [-0.15, -0.1) is 11.8 Å². The summed E-state index contributed by atoms with van der Waals surface area (Å²) >= 11 is 1.63. The van der Waals surface area contributed by atoms with Gasteiger partial charge in [0.2, 0.25) is 5.91 Å². The minimum Gasteiger partial charge on any atom is -0.324 e. The molecule has 0 spiro atoms. The van der Waals surface area contributed by atoms with Crippen LogP contribution >= 0.6 is 11.8 Å². The first kappa shape index (κ1) is 13.4. The number of hydrogen-bond acceptors (Lipinski definition) is 3. The van der Waals surface area contributed by atoms with Crippen LogP contribution in [-0.2, 0) is 4.79 Å². The predicted molar refractivity (Wildman–Crippen MR) is 77.3 cm³/mol. The fourth-order valence-corrected chi connectivity index (χ4v) is 3.13. The molecule has 1 heterocycles. The number of fused-ring (bicyclic) bond motifs is 1. The highest BCUT2D eigenvalue weighted by Crippen LogP contribution is 2.35. The Morgan fingerprint density at radius 1 is 1.44 bits per heavy atom. The second-order valence-electron chi connectivity index (χ2n) is 5.00. The fourth-order valence-electron chi connectivity index (χ4n) is 2.28. The second-order valence-corrected chi connectivity index (χ2v) is 6.02. The Morgan fingerprint density at radius 2 is 2.22 bits per heavy atom. The number of thioether (sulfide) groups is 1. The van der Waals surface area contributed by atoms with Crippen molar-refractivity contribution in [3.8, 4) is 0 Å². The number of benzene rings is 1. The molecule has 1 aliphatic heterocycles. The van der Waals surface area contributed by atoms with E-state index in [1.165, 1.54) is 10.5 Å². The summed E-state index contributed by atoms with van der Waals surface area (Å²) < 4.78 is 0. The molecule has 98 valence electrons. The van der Waals surface area contributed by atoms with Crippen molar-refractivity contribution < 1.29 is 4.79 Å². The summed E-state index contributed by atoms with van der Waals surface area (Å²) in [6.45, 7) is 5.47. The summed E-state index contributed by atoms with van der Waals surface area (Å²) in [4.78, 5) is 12.5. The molecular weight excluding hydrogens is 244 g/mol. The van der Waals surface area contributed by atoms with E-state index in [0.717, 1.165) is 12.2 Å². The number of likely N-dealkylation sites (N-methyl/N-ethyl adjacent to an activating group) is 1. The Morgan fingerprint density at radius 3 is 2.89 bits per heavy atom. The molecule has 0 fully saturated rings. The van der Waals surface area contributed by atoms with Crippen molar-refractivity contribution in [2.45, 2.75) is 24.7 Å². The molecule has 1 atom stereocenters. The lowest BCUT2D eigenvalue weighted by atomic mass is 9.88. The largest absolute Gasteiger partial charge is 0.324 e. The van der Waals surface area contributed by atoms with Crippen LogP contribution in [0.15, 0.2) is 23.1 Å². The molecule has 0 bridgehead atoms. The third kappa shape index (κ3) is 2.87. The average molecular weight is 264 g/mol. The second kappa shape index (κ2) is 5.76. The van der Waals surface area contributed by atoms with E-state index in [9.17, 15) is 4.79 Å². The highest BCUT2D eigenvalue weighted by molar-refractivity contribution is 8.00. The molecule has 18 heavy (non-hydrogen) atoms. The molecule has 1 aliphatic rings. The van der Waals surface area contributed by atoms with E-state index in [2.05, 4.69) is 36.6 Å². The van der Waals surface area contributed by atoms with Crippen LogP contribution in [0.1, 0.15) is 25.3 Å². The quantitative estimate of drug-likeness (QED) is 0.878. The van der Waals surface area contributed by atoms with Gasteiger partial charge in [-0.3, -0.25) is 4.79 Å². The van der Waals surface area contributed by atoms with Gasteiger partial charge in [-0.05, 0) is 36.6 Å². The van der Waals surface area contributed by atoms with Crippen LogP contribution in [0.3, 0.4) is 0 Å². The molecule has 0 saturated carbocycles. The highest BCUT2D eigenvalue weighted by atomic mass is 32.2. The molecule has 3 nitrogen and oxygen atoms in total. The number of nitrogens with one attached hydrogen (secondary N) is 2. The summed E-state index contributed by atoms with van der Waals surface area (Å²) in [5, 5.41) is 6.17. The van der Waals surface area contributed by atoms with Crippen LogP contribution in [0.5, 0.6) is 0 Å². The molecule has 1 amide bonds. The Balaban J connectivity index is 2.27. The first-order valence-corrected chi connectivity index (χ1v) is 7.31. The molecular formula is C14H20N2OS. The van der Waals surface area contributed by atoms with Crippen molar-refractivity contribution in [1.29, 1.82) is 0 Å². The summed E-state index contributed by atoms with van der Waals surface area (Å²) in [6, 6.07) is 6.38. The van der Waals surface area contributed by atoms with E-state index in [0.29, 0.717) is 17.6 Å². The lowest BCUT2D eigenvalue weighted by Gasteiger charge is -2.24. The third-order valence-corrected chi connectivity index (χ3v) is 4.35. The molecule has 0 aromatic heterocycles. The topological polar surface area (TPSA) is 41.1 Å². The van der Waals surface area contributed by atoms with Gasteiger partial charge in [-0.2, -0.15) is 0 Å².